The summed E-state index contributed by atoms with van der Waals surface area (Å²) in [4.78, 5) is 0. The molecule has 2 aromatic rings. The zero-order valence-electron chi connectivity index (χ0n) is 24.1. The monoisotopic (exact) mass is 594 g/mol. The van der Waals surface area contributed by atoms with Gasteiger partial charge in [0.15, 0.2) is 23.0 Å². The van der Waals surface area contributed by atoms with Gasteiger partial charge in [0, 0.05) is 11.8 Å². The van der Waals surface area contributed by atoms with Crippen molar-refractivity contribution in [1.29, 1.82) is 0 Å². The van der Waals surface area contributed by atoms with E-state index < -0.39 is 37.3 Å². The van der Waals surface area contributed by atoms with Gasteiger partial charge in [-0.1, -0.05) is 0 Å². The SMILES string of the molecule is COc1cc(C2OCC3C(c4cc(OC)c(O[C@@H]5O[C@H](CO)[C@@H](O)[C@H](O)[C@H]5O)c(OC)c4)OCC23)cc(OC)c1OC. The molecule has 4 unspecified atom stereocenters. The molecule has 3 saturated heterocycles. The Morgan fingerprint density at radius 2 is 1.10 bits per heavy atom. The molecule has 0 aromatic heterocycles. The fourth-order valence-corrected chi connectivity index (χ4v) is 5.96. The summed E-state index contributed by atoms with van der Waals surface area (Å²) in [5.74, 6) is 2.30. The van der Waals surface area contributed by atoms with Gasteiger partial charge in [0.05, 0.1) is 67.6 Å². The maximum atomic E-state index is 10.5. The van der Waals surface area contributed by atoms with Gasteiger partial charge in [-0.3, -0.25) is 0 Å². The van der Waals surface area contributed by atoms with Crippen LogP contribution in [0.2, 0.25) is 0 Å². The van der Waals surface area contributed by atoms with Crippen molar-refractivity contribution in [2.45, 2.75) is 42.9 Å². The molecule has 9 atom stereocenters. The van der Waals surface area contributed by atoms with Crippen LogP contribution in [0.15, 0.2) is 24.3 Å². The Hall–Kier alpha value is -3.04. The predicted molar refractivity (Wildman–Crippen MR) is 144 cm³/mol. The molecular formula is C29H38O13. The Labute approximate surface area is 243 Å². The Bertz CT molecular complexity index is 1190. The van der Waals surface area contributed by atoms with Gasteiger partial charge in [0.1, 0.15) is 24.4 Å². The summed E-state index contributed by atoms with van der Waals surface area (Å²) in [5.41, 5.74) is 1.66. The van der Waals surface area contributed by atoms with Crippen LogP contribution >= 0.6 is 0 Å². The second-order valence-corrected chi connectivity index (χ2v) is 10.4. The number of benzene rings is 2. The van der Waals surface area contributed by atoms with Crippen molar-refractivity contribution in [3.63, 3.8) is 0 Å². The fourth-order valence-electron chi connectivity index (χ4n) is 5.96. The third-order valence-electron chi connectivity index (χ3n) is 8.17. The van der Waals surface area contributed by atoms with E-state index in [0.717, 1.165) is 11.1 Å². The minimum absolute atomic E-state index is 0.0146. The van der Waals surface area contributed by atoms with E-state index in [9.17, 15) is 20.4 Å². The summed E-state index contributed by atoms with van der Waals surface area (Å²) >= 11 is 0. The molecule has 0 spiro atoms. The van der Waals surface area contributed by atoms with Crippen molar-refractivity contribution >= 4 is 0 Å². The number of aliphatic hydroxyl groups excluding tert-OH is 4. The topological polar surface area (TPSA) is 164 Å². The van der Waals surface area contributed by atoms with Gasteiger partial charge in [-0.05, 0) is 35.4 Å². The molecule has 0 bridgehead atoms. The third kappa shape index (κ3) is 5.30. The van der Waals surface area contributed by atoms with Crippen molar-refractivity contribution in [1.82, 2.24) is 0 Å². The molecule has 4 N–H and O–H groups in total. The summed E-state index contributed by atoms with van der Waals surface area (Å²) in [5, 5.41) is 40.3. The molecule has 42 heavy (non-hydrogen) atoms. The van der Waals surface area contributed by atoms with E-state index in [-0.39, 0.29) is 41.3 Å². The Balaban J connectivity index is 1.40. The largest absolute Gasteiger partial charge is 0.493 e. The number of ether oxygens (including phenoxy) is 9. The first-order valence-electron chi connectivity index (χ1n) is 13.6. The zero-order chi connectivity index (χ0) is 30.1. The van der Waals surface area contributed by atoms with E-state index in [4.69, 9.17) is 42.6 Å². The highest BCUT2D eigenvalue weighted by atomic mass is 16.7. The molecule has 3 fully saturated rings. The Morgan fingerprint density at radius 3 is 1.50 bits per heavy atom. The van der Waals surface area contributed by atoms with Crippen LogP contribution in [0.3, 0.4) is 0 Å². The van der Waals surface area contributed by atoms with Crippen LogP contribution in [0.25, 0.3) is 0 Å². The summed E-state index contributed by atoms with van der Waals surface area (Å²) in [6, 6.07) is 7.28. The van der Waals surface area contributed by atoms with Crippen LogP contribution in [-0.2, 0) is 14.2 Å². The minimum Gasteiger partial charge on any atom is -0.493 e. The molecule has 13 nitrogen and oxygen atoms in total. The number of aliphatic hydroxyl groups is 4. The third-order valence-corrected chi connectivity index (χ3v) is 8.17. The normalized spacial score (nSPS) is 32.3. The number of methoxy groups -OCH3 is 5. The number of hydrogen-bond donors (Lipinski definition) is 4. The molecule has 3 heterocycles. The summed E-state index contributed by atoms with van der Waals surface area (Å²) < 4.78 is 51.8. The standard InChI is InChI=1S/C29H38O13/c1-34-17-6-13(7-18(35-2)27(17)38-5)25-15-11-40-26(16(15)12-39-25)14-8-19(36-3)28(20(9-14)37-4)42-29-24(33)23(32)22(31)21(10-30)41-29/h6-9,15-16,21-26,29-33H,10-12H2,1-5H3/t15?,16?,21-,22-,23+,24-,25?,26?,29+/m1/s1. The molecular weight excluding hydrogens is 556 g/mol. The van der Waals surface area contributed by atoms with Crippen molar-refractivity contribution in [3.8, 4) is 34.5 Å². The lowest BCUT2D eigenvalue weighted by molar-refractivity contribution is -0.277. The van der Waals surface area contributed by atoms with Gasteiger partial charge < -0.3 is 63.1 Å². The first-order valence-corrected chi connectivity index (χ1v) is 13.6. The average Bonchev–Trinajstić information content (AvgIpc) is 3.63. The van der Waals surface area contributed by atoms with E-state index in [2.05, 4.69) is 0 Å². The van der Waals surface area contributed by atoms with Crippen molar-refractivity contribution < 1.29 is 63.1 Å². The van der Waals surface area contributed by atoms with Gasteiger partial charge in [0.25, 0.3) is 0 Å². The number of hydrogen-bond acceptors (Lipinski definition) is 13. The summed E-state index contributed by atoms with van der Waals surface area (Å²) in [6.45, 7) is 0.313. The molecule has 3 aliphatic heterocycles. The lowest BCUT2D eigenvalue weighted by Crippen LogP contribution is -2.60. The smallest absolute Gasteiger partial charge is 0.229 e. The van der Waals surface area contributed by atoms with Crippen molar-refractivity contribution in [2.24, 2.45) is 11.8 Å². The van der Waals surface area contributed by atoms with E-state index >= 15 is 0 Å². The maximum absolute atomic E-state index is 10.5. The number of fused-ring (bicyclic) bond motifs is 1. The van der Waals surface area contributed by atoms with E-state index in [0.29, 0.717) is 30.5 Å². The molecule has 3 aliphatic rings. The van der Waals surface area contributed by atoms with Crippen LogP contribution in [0.5, 0.6) is 34.5 Å². The van der Waals surface area contributed by atoms with Crippen molar-refractivity contribution in [3.05, 3.63) is 35.4 Å². The van der Waals surface area contributed by atoms with Crippen LogP contribution in [0.1, 0.15) is 23.3 Å². The van der Waals surface area contributed by atoms with Crippen LogP contribution in [-0.4, -0.2) is 107 Å². The molecule has 0 amide bonds. The molecule has 232 valence electrons. The second-order valence-electron chi connectivity index (χ2n) is 10.4. The Kier molecular flexibility index (Phi) is 9.18. The van der Waals surface area contributed by atoms with Gasteiger partial charge in [-0.25, -0.2) is 0 Å². The fraction of sp³-hybridized carbons (Fsp3) is 0.586. The van der Waals surface area contributed by atoms with Crippen LogP contribution in [0, 0.1) is 11.8 Å². The molecule has 13 heteroatoms. The lowest BCUT2D eigenvalue weighted by atomic mass is 9.84. The highest BCUT2D eigenvalue weighted by Gasteiger charge is 2.49. The first kappa shape index (κ1) is 30.4. The molecule has 2 aromatic carbocycles. The lowest BCUT2D eigenvalue weighted by Gasteiger charge is -2.39. The predicted octanol–water partition coefficient (Wildman–Crippen LogP) is 0.984. The second kappa shape index (κ2) is 12.7. The zero-order valence-corrected chi connectivity index (χ0v) is 24.1. The quantitative estimate of drug-likeness (QED) is 0.308. The molecule has 0 aliphatic carbocycles. The molecule has 5 rings (SSSR count). The summed E-state index contributed by atoms with van der Waals surface area (Å²) in [7, 11) is 7.60. The van der Waals surface area contributed by atoms with Crippen LogP contribution in [0.4, 0.5) is 0 Å². The molecule has 0 saturated carbocycles. The highest BCUT2D eigenvalue weighted by Crippen LogP contribution is 2.53. The van der Waals surface area contributed by atoms with Crippen LogP contribution < -0.4 is 28.4 Å². The van der Waals surface area contributed by atoms with Gasteiger partial charge in [-0.2, -0.15) is 0 Å². The average molecular weight is 595 g/mol. The van der Waals surface area contributed by atoms with E-state index in [1.807, 2.05) is 12.1 Å². The van der Waals surface area contributed by atoms with Crippen molar-refractivity contribution in [2.75, 3.05) is 55.4 Å². The maximum Gasteiger partial charge on any atom is 0.229 e. The molecule has 0 radical (unpaired) electrons. The summed E-state index contributed by atoms with van der Waals surface area (Å²) in [6.07, 6.45) is -7.85. The minimum atomic E-state index is -1.60. The van der Waals surface area contributed by atoms with Gasteiger partial charge in [0.2, 0.25) is 17.8 Å². The van der Waals surface area contributed by atoms with Gasteiger partial charge >= 0.3 is 0 Å². The van der Waals surface area contributed by atoms with E-state index in [1.54, 1.807) is 33.5 Å². The Morgan fingerprint density at radius 1 is 0.643 bits per heavy atom. The van der Waals surface area contributed by atoms with E-state index in [1.165, 1.54) is 14.2 Å². The first-order chi connectivity index (χ1) is 20.3. The highest BCUT2D eigenvalue weighted by molar-refractivity contribution is 5.56. The van der Waals surface area contributed by atoms with Gasteiger partial charge in [-0.15, -0.1) is 0 Å². The number of rotatable bonds is 10.